The van der Waals surface area contributed by atoms with Gasteiger partial charge < -0.3 is 25.0 Å². The fraction of sp³-hybridized carbons (Fsp3) is 0.348. The van der Waals surface area contributed by atoms with Gasteiger partial charge >= 0.3 is 6.18 Å². The van der Waals surface area contributed by atoms with E-state index in [1.807, 2.05) is 0 Å². The number of anilines is 2. The quantitative estimate of drug-likeness (QED) is 0.690. The molecule has 1 atom stereocenters. The average Bonchev–Trinajstić information content (AvgIpc) is 3.20. The molecule has 2 heterocycles. The second-order valence-corrected chi connectivity index (χ2v) is 8.05. The Hall–Kier alpha value is -3.76. The van der Waals surface area contributed by atoms with Gasteiger partial charge in [0.25, 0.3) is 5.91 Å². The number of nitrogens with one attached hydrogen (secondary N) is 2. The first-order valence-electron chi connectivity index (χ1n) is 10.6. The molecule has 0 spiro atoms. The van der Waals surface area contributed by atoms with Crippen molar-refractivity contribution in [1.82, 2.24) is 5.32 Å². The molecule has 0 bridgehead atoms. The van der Waals surface area contributed by atoms with Gasteiger partial charge in [0.15, 0.2) is 11.5 Å². The molecule has 8 nitrogen and oxygen atoms in total. The van der Waals surface area contributed by atoms with E-state index >= 15 is 0 Å². The Morgan fingerprint density at radius 1 is 1.09 bits per heavy atom. The number of aryl methyl sites for hydroxylation is 1. The maximum absolute atomic E-state index is 12.9. The van der Waals surface area contributed by atoms with Crippen LogP contribution in [0.25, 0.3) is 0 Å². The van der Waals surface area contributed by atoms with Crippen LogP contribution in [0.3, 0.4) is 0 Å². The first-order valence-corrected chi connectivity index (χ1v) is 10.6. The van der Waals surface area contributed by atoms with Crippen molar-refractivity contribution in [3.05, 3.63) is 47.5 Å². The van der Waals surface area contributed by atoms with Gasteiger partial charge in [0.1, 0.15) is 19.8 Å². The molecule has 0 aliphatic carbocycles. The normalized spacial score (nSPS) is 17.5. The fourth-order valence-electron chi connectivity index (χ4n) is 3.75. The lowest BCUT2D eigenvalue weighted by Gasteiger charge is -2.22. The van der Waals surface area contributed by atoms with Crippen LogP contribution in [0.2, 0.25) is 0 Å². The highest BCUT2D eigenvalue weighted by Gasteiger charge is 2.36. The number of hydrogen-bond donors (Lipinski definition) is 2. The van der Waals surface area contributed by atoms with E-state index in [1.165, 1.54) is 23.1 Å². The number of halogens is 3. The van der Waals surface area contributed by atoms with Gasteiger partial charge in [-0.1, -0.05) is 6.07 Å². The summed E-state index contributed by atoms with van der Waals surface area (Å²) in [7, 11) is 0. The Morgan fingerprint density at radius 2 is 1.82 bits per heavy atom. The SMILES string of the molecule is Cc1ccc(C(=O)NCC(F)(F)F)cc1NC(=O)C1CC(=O)N(c2ccc3c(c2)OCCO3)C1. The number of ether oxygens (including phenoxy) is 2. The van der Waals surface area contributed by atoms with Crippen molar-refractivity contribution in [2.45, 2.75) is 19.5 Å². The van der Waals surface area contributed by atoms with E-state index in [9.17, 15) is 27.6 Å². The van der Waals surface area contributed by atoms with E-state index in [1.54, 1.807) is 30.4 Å². The molecule has 2 aliphatic rings. The van der Waals surface area contributed by atoms with E-state index < -0.39 is 30.5 Å². The molecule has 2 N–H and O–H groups in total. The second kappa shape index (κ2) is 9.24. The summed E-state index contributed by atoms with van der Waals surface area (Å²) in [4.78, 5) is 39.0. The minimum atomic E-state index is -4.53. The predicted molar refractivity (Wildman–Crippen MR) is 116 cm³/mol. The lowest BCUT2D eigenvalue weighted by molar-refractivity contribution is -0.123. The average molecular weight is 477 g/mol. The van der Waals surface area contributed by atoms with Gasteiger partial charge in [-0.3, -0.25) is 14.4 Å². The molecule has 0 aromatic heterocycles. The summed E-state index contributed by atoms with van der Waals surface area (Å²) in [5, 5.41) is 4.50. The molecule has 1 unspecified atom stereocenters. The van der Waals surface area contributed by atoms with Crippen LogP contribution in [0.15, 0.2) is 36.4 Å². The highest BCUT2D eigenvalue weighted by Crippen LogP contribution is 2.36. The standard InChI is InChI=1S/C23H22F3N3O5/c1-13-2-3-14(21(31)27-12-23(24,25)26)8-17(13)28-22(32)15-9-20(30)29(11-15)16-4-5-18-19(10-16)34-7-6-33-18/h2-5,8,10,15H,6-7,9,11-12H2,1H3,(H,27,31)(H,28,32). The molecule has 3 amide bonds. The van der Waals surface area contributed by atoms with Crippen LogP contribution < -0.4 is 25.0 Å². The number of benzene rings is 2. The molecule has 180 valence electrons. The highest BCUT2D eigenvalue weighted by molar-refractivity contribution is 6.04. The molecule has 2 aliphatic heterocycles. The summed E-state index contributed by atoms with van der Waals surface area (Å²) in [5.74, 6) is -1.10. The molecule has 11 heteroatoms. The highest BCUT2D eigenvalue weighted by atomic mass is 19.4. The second-order valence-electron chi connectivity index (χ2n) is 8.05. The molecule has 34 heavy (non-hydrogen) atoms. The van der Waals surface area contributed by atoms with Crippen molar-refractivity contribution >= 4 is 29.1 Å². The van der Waals surface area contributed by atoms with Crippen molar-refractivity contribution in [2.24, 2.45) is 5.92 Å². The van der Waals surface area contributed by atoms with E-state index in [4.69, 9.17) is 9.47 Å². The summed E-state index contributed by atoms with van der Waals surface area (Å²) in [6.07, 6.45) is -4.54. The summed E-state index contributed by atoms with van der Waals surface area (Å²) < 4.78 is 48.2. The molecule has 4 rings (SSSR count). The Morgan fingerprint density at radius 3 is 2.56 bits per heavy atom. The molecular formula is C23H22F3N3O5. The number of carbonyl (C=O) groups excluding carboxylic acids is 3. The zero-order valence-electron chi connectivity index (χ0n) is 18.2. The smallest absolute Gasteiger partial charge is 0.405 e. The predicted octanol–water partition coefficient (Wildman–Crippen LogP) is 3.05. The largest absolute Gasteiger partial charge is 0.486 e. The van der Waals surface area contributed by atoms with E-state index in [0.29, 0.717) is 36.0 Å². The summed E-state index contributed by atoms with van der Waals surface area (Å²) in [5.41, 5.74) is 1.47. The van der Waals surface area contributed by atoms with Gasteiger partial charge in [0.05, 0.1) is 5.92 Å². The third-order valence-corrected chi connectivity index (χ3v) is 5.54. The summed E-state index contributed by atoms with van der Waals surface area (Å²) in [6, 6.07) is 9.34. The number of fused-ring (bicyclic) bond motifs is 1. The molecular weight excluding hydrogens is 455 g/mol. The first-order chi connectivity index (χ1) is 16.1. The monoisotopic (exact) mass is 477 g/mol. The van der Waals surface area contributed by atoms with Gasteiger partial charge in [-0.05, 0) is 36.8 Å². The zero-order chi connectivity index (χ0) is 24.5. The maximum atomic E-state index is 12.9. The van der Waals surface area contributed by atoms with Crippen molar-refractivity contribution in [1.29, 1.82) is 0 Å². The number of carbonyl (C=O) groups is 3. The van der Waals surface area contributed by atoms with Gasteiger partial charge in [0, 0.05) is 36.0 Å². The number of amides is 3. The van der Waals surface area contributed by atoms with Gasteiger partial charge in [-0.25, -0.2) is 0 Å². The van der Waals surface area contributed by atoms with Crippen LogP contribution in [0.4, 0.5) is 24.5 Å². The molecule has 1 saturated heterocycles. The van der Waals surface area contributed by atoms with Gasteiger partial charge in [-0.15, -0.1) is 0 Å². The number of nitrogens with zero attached hydrogens (tertiary/aromatic N) is 1. The number of hydrogen-bond acceptors (Lipinski definition) is 5. The molecule has 1 fully saturated rings. The number of rotatable bonds is 5. The Labute approximate surface area is 193 Å². The van der Waals surface area contributed by atoms with Crippen LogP contribution in [0, 0.1) is 12.8 Å². The minimum absolute atomic E-state index is 0.00885. The lowest BCUT2D eigenvalue weighted by Crippen LogP contribution is -2.33. The summed E-state index contributed by atoms with van der Waals surface area (Å²) >= 11 is 0. The number of alkyl halides is 3. The van der Waals surface area contributed by atoms with E-state index in [2.05, 4.69) is 5.32 Å². The van der Waals surface area contributed by atoms with Crippen molar-refractivity contribution in [3.8, 4) is 11.5 Å². The molecule has 2 aromatic carbocycles. The minimum Gasteiger partial charge on any atom is -0.486 e. The third-order valence-electron chi connectivity index (χ3n) is 5.54. The molecule has 0 saturated carbocycles. The lowest BCUT2D eigenvalue weighted by atomic mass is 10.1. The van der Waals surface area contributed by atoms with Crippen LogP contribution in [0.5, 0.6) is 11.5 Å². The van der Waals surface area contributed by atoms with Gasteiger partial charge in [0.2, 0.25) is 11.8 Å². The van der Waals surface area contributed by atoms with E-state index in [0.717, 1.165) is 0 Å². The van der Waals surface area contributed by atoms with Gasteiger partial charge in [-0.2, -0.15) is 13.2 Å². The maximum Gasteiger partial charge on any atom is 0.405 e. The topological polar surface area (TPSA) is 97.0 Å². The van der Waals surface area contributed by atoms with Crippen LogP contribution in [-0.2, 0) is 9.59 Å². The van der Waals surface area contributed by atoms with Crippen molar-refractivity contribution < 1.29 is 37.0 Å². The Balaban J connectivity index is 1.43. The van der Waals surface area contributed by atoms with Crippen LogP contribution >= 0.6 is 0 Å². The summed E-state index contributed by atoms with van der Waals surface area (Å²) in [6.45, 7) is 1.23. The van der Waals surface area contributed by atoms with Crippen LogP contribution in [0.1, 0.15) is 22.3 Å². The van der Waals surface area contributed by atoms with Crippen molar-refractivity contribution in [3.63, 3.8) is 0 Å². The van der Waals surface area contributed by atoms with Crippen LogP contribution in [-0.4, -0.2) is 50.2 Å². The third kappa shape index (κ3) is 5.24. The molecule has 2 aromatic rings. The fourth-order valence-corrected chi connectivity index (χ4v) is 3.75. The van der Waals surface area contributed by atoms with E-state index in [-0.39, 0.29) is 30.1 Å². The zero-order valence-corrected chi connectivity index (χ0v) is 18.2. The molecule has 0 radical (unpaired) electrons. The van der Waals surface area contributed by atoms with Crippen molar-refractivity contribution in [2.75, 3.05) is 36.5 Å². The Kier molecular flexibility index (Phi) is 6.36. The Bertz CT molecular complexity index is 1140. The first kappa shape index (κ1) is 23.4.